The van der Waals surface area contributed by atoms with Gasteiger partial charge in [-0.1, -0.05) is 6.07 Å². The Hall–Kier alpha value is -1.77. The van der Waals surface area contributed by atoms with Crippen LogP contribution < -0.4 is 10.0 Å². The van der Waals surface area contributed by atoms with E-state index in [1.165, 1.54) is 28.5 Å². The molecule has 0 bridgehead atoms. The number of aryl methyl sites for hydroxylation is 2. The zero-order valence-electron chi connectivity index (χ0n) is 14.7. The fraction of sp³-hybridized carbons (Fsp3) is 0.444. The molecule has 4 rings (SSSR count). The predicted molar refractivity (Wildman–Crippen MR) is 102 cm³/mol. The number of carbonyl (C=O) groups is 1. The summed E-state index contributed by atoms with van der Waals surface area (Å²) in [5, 5.41) is 13.4. The summed E-state index contributed by atoms with van der Waals surface area (Å²) in [6, 6.07) is 1.80. The van der Waals surface area contributed by atoms with E-state index < -0.39 is 22.6 Å². The van der Waals surface area contributed by atoms with Crippen LogP contribution in [0.2, 0.25) is 0 Å². The molecule has 2 aliphatic rings. The van der Waals surface area contributed by atoms with E-state index >= 15 is 0 Å². The number of aromatic nitrogens is 1. The maximum absolute atomic E-state index is 12.4. The third kappa shape index (κ3) is 3.17. The lowest BCUT2D eigenvalue weighted by Gasteiger charge is -2.26. The molecule has 2 aromatic rings. The quantitative estimate of drug-likeness (QED) is 0.747. The Morgan fingerprint density at radius 1 is 1.23 bits per heavy atom. The van der Waals surface area contributed by atoms with Gasteiger partial charge < -0.3 is 10.4 Å². The topological polar surface area (TPSA) is 91.3 Å². The number of nitrogens with zero attached hydrogens (tertiary/aromatic N) is 1. The molecule has 0 radical (unpaired) electrons. The molecule has 2 aliphatic carbocycles. The maximum atomic E-state index is 12.4. The summed E-state index contributed by atoms with van der Waals surface area (Å²) >= 11 is 1.13. The summed E-state index contributed by atoms with van der Waals surface area (Å²) in [4.78, 5) is 16.5. The van der Waals surface area contributed by atoms with Crippen LogP contribution in [0.4, 0.5) is 10.5 Å². The monoisotopic (exact) mass is 391 g/mol. The first-order chi connectivity index (χ1) is 12.3. The molecule has 1 unspecified atom stereocenters. The molecule has 26 heavy (non-hydrogen) atoms. The number of hydrogen-bond donors (Lipinski definition) is 3. The van der Waals surface area contributed by atoms with Crippen LogP contribution in [-0.4, -0.2) is 20.3 Å². The van der Waals surface area contributed by atoms with Crippen molar-refractivity contribution in [3.05, 3.63) is 39.5 Å². The Labute approximate surface area is 158 Å². The van der Waals surface area contributed by atoms with Crippen LogP contribution in [0, 0.1) is 0 Å². The van der Waals surface area contributed by atoms with Crippen LogP contribution in [0.1, 0.15) is 47.5 Å². The first kappa shape index (κ1) is 17.6. The predicted octanol–water partition coefficient (Wildman–Crippen LogP) is 2.80. The van der Waals surface area contributed by atoms with Gasteiger partial charge in [0.2, 0.25) is 0 Å². The van der Waals surface area contributed by atoms with Crippen molar-refractivity contribution in [1.29, 1.82) is 0 Å². The van der Waals surface area contributed by atoms with E-state index in [2.05, 4.69) is 21.1 Å². The van der Waals surface area contributed by atoms with Gasteiger partial charge in [-0.25, -0.2) is 14.0 Å². The minimum Gasteiger partial charge on any atom is -0.383 e. The van der Waals surface area contributed by atoms with Gasteiger partial charge in [0.15, 0.2) is 11.0 Å². The highest BCUT2D eigenvalue weighted by Gasteiger charge is 2.27. The van der Waals surface area contributed by atoms with Gasteiger partial charge in [-0.3, -0.25) is 4.72 Å². The molecule has 1 aromatic carbocycles. The van der Waals surface area contributed by atoms with Gasteiger partial charge in [0.05, 0.1) is 6.20 Å². The molecule has 0 saturated carbocycles. The lowest BCUT2D eigenvalue weighted by molar-refractivity contribution is 0.0783. The molecule has 1 aromatic heterocycles. The molecule has 1 atom stereocenters. The Bertz CT molecular complexity index is 915. The number of fused-ring (bicyclic) bond motifs is 2. The minimum absolute atomic E-state index is 0.406. The van der Waals surface area contributed by atoms with Gasteiger partial charge in [-0.15, -0.1) is 11.3 Å². The third-order valence-corrected chi connectivity index (χ3v) is 7.51. The van der Waals surface area contributed by atoms with Gasteiger partial charge in [0, 0.05) is 5.69 Å². The number of urea groups is 1. The smallest absolute Gasteiger partial charge is 0.331 e. The fourth-order valence-electron chi connectivity index (χ4n) is 3.50. The summed E-state index contributed by atoms with van der Waals surface area (Å²) in [7, 11) is -1.71. The van der Waals surface area contributed by atoms with Crippen molar-refractivity contribution in [2.45, 2.75) is 55.8 Å². The normalized spacial score (nSPS) is 16.4. The molecule has 2 amide bonds. The summed E-state index contributed by atoms with van der Waals surface area (Å²) in [6.45, 7) is 3.23. The van der Waals surface area contributed by atoms with Crippen LogP contribution in [0.3, 0.4) is 0 Å². The highest BCUT2D eigenvalue weighted by atomic mass is 32.2. The number of hydrogen-bond acceptors (Lipinski definition) is 5. The average molecular weight is 392 g/mol. The van der Waals surface area contributed by atoms with Gasteiger partial charge >= 0.3 is 6.03 Å². The molecule has 0 fully saturated rings. The van der Waals surface area contributed by atoms with Crippen molar-refractivity contribution in [2.75, 3.05) is 5.32 Å². The highest BCUT2D eigenvalue weighted by molar-refractivity contribution is 7.86. The largest absolute Gasteiger partial charge is 0.383 e. The van der Waals surface area contributed by atoms with Crippen molar-refractivity contribution in [1.82, 2.24) is 9.71 Å². The number of amides is 2. The molecule has 0 aliphatic heterocycles. The fourth-order valence-corrected chi connectivity index (χ4v) is 5.28. The first-order valence-corrected chi connectivity index (χ1v) is 10.6. The van der Waals surface area contributed by atoms with Crippen molar-refractivity contribution in [2.24, 2.45) is 0 Å². The second-order valence-corrected chi connectivity index (χ2v) is 9.72. The third-order valence-electron chi connectivity index (χ3n) is 4.86. The molecule has 1 heterocycles. The number of anilines is 1. The summed E-state index contributed by atoms with van der Waals surface area (Å²) in [5.74, 6) is 0. The summed E-state index contributed by atoms with van der Waals surface area (Å²) < 4.78 is 15.3. The molecule has 0 saturated heterocycles. The Morgan fingerprint density at radius 3 is 2.62 bits per heavy atom. The first-order valence-electron chi connectivity index (χ1n) is 8.67. The molecule has 8 heteroatoms. The number of carbonyl (C=O) groups excluding carboxylic acids is 1. The lowest BCUT2D eigenvalue weighted by atomic mass is 9.83. The average Bonchev–Trinajstić information content (AvgIpc) is 3.18. The number of rotatable bonds is 4. The van der Waals surface area contributed by atoms with Crippen LogP contribution >= 0.6 is 11.3 Å². The number of thiazole rings is 1. The molecular weight excluding hydrogens is 370 g/mol. The Kier molecular flexibility index (Phi) is 4.37. The van der Waals surface area contributed by atoms with Gasteiger partial charge in [-0.2, -0.15) is 0 Å². The van der Waals surface area contributed by atoms with Gasteiger partial charge in [0.1, 0.15) is 14.8 Å². The summed E-state index contributed by atoms with van der Waals surface area (Å²) in [5.41, 5.74) is 4.91. The van der Waals surface area contributed by atoms with Crippen molar-refractivity contribution in [3.8, 4) is 0 Å². The number of benzene rings is 1. The SMILES string of the molecule is CC(C)(O)c1ncc(S(=O)NC(=O)Nc2c3c(cc4c2CC4)CCC3)s1. The highest BCUT2D eigenvalue weighted by Crippen LogP contribution is 2.39. The van der Waals surface area contributed by atoms with Crippen molar-refractivity contribution in [3.63, 3.8) is 0 Å². The van der Waals surface area contributed by atoms with Crippen LogP contribution in [0.15, 0.2) is 16.5 Å². The van der Waals surface area contributed by atoms with Crippen LogP contribution in [-0.2, 0) is 42.3 Å². The molecule has 6 nitrogen and oxygen atoms in total. The van der Waals surface area contributed by atoms with Gasteiger partial charge in [0.25, 0.3) is 0 Å². The standard InChI is InChI=1S/C18H21N3O3S2/c1-18(2,23)16-19-9-14(25-16)26(24)21-17(22)20-15-12-5-3-4-10(12)8-11-6-7-13(11)15/h8-9,23H,3-7H2,1-2H3,(H2,20,21,22). The second-order valence-electron chi connectivity index (χ2n) is 7.25. The second kappa shape index (κ2) is 6.44. The van der Waals surface area contributed by atoms with Crippen molar-refractivity contribution < 1.29 is 14.1 Å². The molecule has 3 N–H and O–H groups in total. The molecule has 0 spiro atoms. The van der Waals surface area contributed by atoms with E-state index in [1.807, 2.05) is 0 Å². The maximum Gasteiger partial charge on any atom is 0.331 e. The molecule has 138 valence electrons. The van der Waals surface area contributed by atoms with E-state index in [0.717, 1.165) is 49.1 Å². The zero-order chi connectivity index (χ0) is 18.5. The van der Waals surface area contributed by atoms with Crippen LogP contribution in [0.5, 0.6) is 0 Å². The van der Waals surface area contributed by atoms with E-state index in [-0.39, 0.29) is 0 Å². The minimum atomic E-state index is -1.71. The molecular formula is C18H21N3O3S2. The zero-order valence-corrected chi connectivity index (χ0v) is 16.4. The van der Waals surface area contributed by atoms with Crippen molar-refractivity contribution >= 4 is 34.0 Å². The summed E-state index contributed by atoms with van der Waals surface area (Å²) in [6.07, 6.45) is 6.62. The number of aliphatic hydroxyl groups is 1. The Morgan fingerprint density at radius 2 is 1.96 bits per heavy atom. The van der Waals surface area contributed by atoms with E-state index in [1.54, 1.807) is 13.8 Å². The van der Waals surface area contributed by atoms with E-state index in [9.17, 15) is 14.1 Å². The van der Waals surface area contributed by atoms with Crippen LogP contribution in [0.25, 0.3) is 0 Å². The Balaban J connectivity index is 1.49. The lowest BCUT2D eigenvalue weighted by Crippen LogP contribution is -2.31. The number of nitrogens with one attached hydrogen (secondary N) is 2. The van der Waals surface area contributed by atoms with E-state index in [4.69, 9.17) is 0 Å². The van der Waals surface area contributed by atoms with Gasteiger partial charge in [-0.05, 0) is 68.2 Å². The van der Waals surface area contributed by atoms with E-state index in [0.29, 0.717) is 9.22 Å².